The van der Waals surface area contributed by atoms with Gasteiger partial charge in [-0.25, -0.2) is 15.2 Å². The predicted molar refractivity (Wildman–Crippen MR) is 68.6 cm³/mol. The van der Waals surface area contributed by atoms with Gasteiger partial charge in [-0.2, -0.15) is 4.98 Å². The van der Waals surface area contributed by atoms with Crippen molar-refractivity contribution in [3.63, 3.8) is 0 Å². The molecule has 7 heteroatoms. The van der Waals surface area contributed by atoms with Crippen molar-refractivity contribution in [3.8, 4) is 0 Å². The zero-order valence-electron chi connectivity index (χ0n) is 11.0. The van der Waals surface area contributed by atoms with Crippen LogP contribution >= 0.6 is 0 Å². The van der Waals surface area contributed by atoms with E-state index in [-0.39, 0.29) is 17.2 Å². The third-order valence-electron chi connectivity index (χ3n) is 2.59. The molecule has 0 aliphatic heterocycles. The zero-order valence-corrected chi connectivity index (χ0v) is 11.0. The minimum absolute atomic E-state index is 0.0241. The number of hydrazine groups is 1. The van der Waals surface area contributed by atoms with Gasteiger partial charge in [-0.05, 0) is 11.8 Å². The molecule has 4 N–H and O–H groups in total. The van der Waals surface area contributed by atoms with Crippen LogP contribution in [0.5, 0.6) is 0 Å². The van der Waals surface area contributed by atoms with E-state index in [0.29, 0.717) is 13.2 Å². The normalized spacial score (nSPS) is 11.4. The smallest absolute Gasteiger partial charge is 0.239 e. The number of aromatic nitrogens is 2. The van der Waals surface area contributed by atoms with Crippen molar-refractivity contribution in [2.75, 3.05) is 31.0 Å². The van der Waals surface area contributed by atoms with E-state index in [4.69, 9.17) is 10.6 Å². The molecule has 0 aromatic carbocycles. The second-order valence-electron chi connectivity index (χ2n) is 4.80. The molecule has 102 valence electrons. The fourth-order valence-corrected chi connectivity index (χ4v) is 1.35. The molecule has 0 saturated heterocycles. The van der Waals surface area contributed by atoms with Gasteiger partial charge >= 0.3 is 0 Å². The maximum Gasteiger partial charge on any atom is 0.239 e. The topological polar surface area (TPSA) is 85.1 Å². The van der Waals surface area contributed by atoms with Crippen LogP contribution < -0.4 is 16.6 Å². The number of anilines is 2. The van der Waals surface area contributed by atoms with Gasteiger partial charge < -0.3 is 10.1 Å². The number of methoxy groups -OCH3 is 1. The Bertz CT molecular complexity index is 386. The summed E-state index contributed by atoms with van der Waals surface area (Å²) >= 11 is 0. The molecule has 18 heavy (non-hydrogen) atoms. The number of hydrogen-bond donors (Lipinski definition) is 3. The quantitative estimate of drug-likeness (QED) is 0.505. The summed E-state index contributed by atoms with van der Waals surface area (Å²) < 4.78 is 18.5. The molecule has 0 aliphatic carbocycles. The fraction of sp³-hybridized carbons (Fsp3) is 0.636. The lowest BCUT2D eigenvalue weighted by Gasteiger charge is -2.24. The first-order chi connectivity index (χ1) is 8.48. The van der Waals surface area contributed by atoms with Crippen LogP contribution in [0.25, 0.3) is 0 Å². The number of halogens is 1. The summed E-state index contributed by atoms with van der Waals surface area (Å²) in [4.78, 5) is 7.58. The molecule has 1 aromatic rings. The maximum atomic E-state index is 13.5. The molecule has 0 fully saturated rings. The van der Waals surface area contributed by atoms with Gasteiger partial charge in [0, 0.05) is 20.3 Å². The van der Waals surface area contributed by atoms with Gasteiger partial charge in [-0.3, -0.25) is 5.43 Å². The Kier molecular flexibility index (Phi) is 5.24. The molecule has 0 aliphatic rings. The molecule has 1 aromatic heterocycles. The van der Waals surface area contributed by atoms with E-state index in [2.05, 4.69) is 34.6 Å². The van der Waals surface area contributed by atoms with E-state index < -0.39 is 5.82 Å². The number of rotatable bonds is 7. The van der Waals surface area contributed by atoms with Crippen molar-refractivity contribution in [2.45, 2.75) is 20.3 Å². The molecule has 0 spiro atoms. The lowest BCUT2D eigenvalue weighted by atomic mass is 9.90. The van der Waals surface area contributed by atoms with Gasteiger partial charge in [0.15, 0.2) is 11.6 Å². The molecule has 0 radical (unpaired) electrons. The molecular formula is C11H20FN5O. The summed E-state index contributed by atoms with van der Waals surface area (Å²) in [5.41, 5.74) is 2.25. The minimum Gasteiger partial charge on any atom is -0.385 e. The molecule has 0 amide bonds. The van der Waals surface area contributed by atoms with Crippen LogP contribution in [0.2, 0.25) is 0 Å². The largest absolute Gasteiger partial charge is 0.385 e. The Hall–Kier alpha value is -1.47. The molecule has 1 heterocycles. The Morgan fingerprint density at radius 3 is 2.83 bits per heavy atom. The fourth-order valence-electron chi connectivity index (χ4n) is 1.35. The van der Waals surface area contributed by atoms with E-state index in [1.54, 1.807) is 7.11 Å². The maximum absolute atomic E-state index is 13.5. The van der Waals surface area contributed by atoms with Crippen LogP contribution in [0.15, 0.2) is 6.20 Å². The first-order valence-corrected chi connectivity index (χ1v) is 5.70. The monoisotopic (exact) mass is 257 g/mol. The van der Waals surface area contributed by atoms with Crippen LogP contribution in [0, 0.1) is 11.2 Å². The van der Waals surface area contributed by atoms with Crippen LogP contribution in [-0.2, 0) is 4.74 Å². The van der Waals surface area contributed by atoms with Crippen LogP contribution in [-0.4, -0.2) is 30.2 Å². The van der Waals surface area contributed by atoms with Gasteiger partial charge in [0.05, 0.1) is 6.20 Å². The van der Waals surface area contributed by atoms with Crippen molar-refractivity contribution >= 4 is 11.8 Å². The number of ether oxygens (including phenoxy) is 1. The average Bonchev–Trinajstić information content (AvgIpc) is 2.35. The second-order valence-corrected chi connectivity index (χ2v) is 4.80. The second kappa shape index (κ2) is 6.46. The standard InChI is InChI=1S/C11H20FN5O/c1-11(2,4-5-18-3)7-15-9-8(12)6-14-10(16-9)17-13/h6H,4-5,7,13H2,1-3H3,(H2,14,15,16,17). The van der Waals surface area contributed by atoms with E-state index in [0.717, 1.165) is 12.6 Å². The number of nitrogens with two attached hydrogens (primary N) is 1. The van der Waals surface area contributed by atoms with Crippen molar-refractivity contribution in [1.29, 1.82) is 0 Å². The highest BCUT2D eigenvalue weighted by atomic mass is 19.1. The van der Waals surface area contributed by atoms with E-state index in [9.17, 15) is 4.39 Å². The van der Waals surface area contributed by atoms with E-state index in [1.807, 2.05) is 0 Å². The highest BCUT2D eigenvalue weighted by Crippen LogP contribution is 2.21. The summed E-state index contributed by atoms with van der Waals surface area (Å²) in [5.74, 6) is 4.99. The van der Waals surface area contributed by atoms with Crippen LogP contribution in [0.3, 0.4) is 0 Å². The summed E-state index contributed by atoms with van der Waals surface area (Å²) in [6, 6.07) is 0. The Morgan fingerprint density at radius 2 is 2.22 bits per heavy atom. The first kappa shape index (κ1) is 14.6. The van der Waals surface area contributed by atoms with E-state index in [1.165, 1.54) is 0 Å². The number of hydrogen-bond acceptors (Lipinski definition) is 6. The number of nitrogens with one attached hydrogen (secondary N) is 2. The van der Waals surface area contributed by atoms with Crippen molar-refractivity contribution in [2.24, 2.45) is 11.3 Å². The molecular weight excluding hydrogens is 237 g/mol. The van der Waals surface area contributed by atoms with Gasteiger partial charge in [-0.1, -0.05) is 13.8 Å². The molecule has 0 atom stereocenters. The molecule has 1 rings (SSSR count). The third-order valence-corrected chi connectivity index (χ3v) is 2.59. The van der Waals surface area contributed by atoms with Gasteiger partial charge in [0.2, 0.25) is 5.95 Å². The van der Waals surface area contributed by atoms with Gasteiger partial charge in [0.1, 0.15) is 0 Å². The first-order valence-electron chi connectivity index (χ1n) is 5.70. The van der Waals surface area contributed by atoms with Crippen LogP contribution in [0.1, 0.15) is 20.3 Å². The minimum atomic E-state index is -0.503. The summed E-state index contributed by atoms with van der Waals surface area (Å²) in [5, 5.41) is 2.96. The zero-order chi connectivity index (χ0) is 13.6. The summed E-state index contributed by atoms with van der Waals surface area (Å²) in [6.07, 6.45) is 1.94. The molecule has 6 nitrogen and oxygen atoms in total. The van der Waals surface area contributed by atoms with Crippen molar-refractivity contribution in [1.82, 2.24) is 9.97 Å². The molecule has 0 bridgehead atoms. The van der Waals surface area contributed by atoms with Crippen molar-refractivity contribution in [3.05, 3.63) is 12.0 Å². The van der Waals surface area contributed by atoms with Gasteiger partial charge in [0.25, 0.3) is 0 Å². The average molecular weight is 257 g/mol. The highest BCUT2D eigenvalue weighted by Gasteiger charge is 2.18. The SMILES string of the molecule is COCCC(C)(C)CNc1nc(NN)ncc1F. The number of nitrogens with zero attached hydrogens (tertiary/aromatic N) is 2. The highest BCUT2D eigenvalue weighted by molar-refractivity contribution is 5.40. The summed E-state index contributed by atoms with van der Waals surface area (Å²) in [6.45, 7) is 5.38. The predicted octanol–water partition coefficient (Wildman–Crippen LogP) is 1.38. The lowest BCUT2D eigenvalue weighted by molar-refractivity contribution is 0.157. The Labute approximate surface area is 106 Å². The Morgan fingerprint density at radius 1 is 1.50 bits per heavy atom. The number of nitrogen functional groups attached to an aromatic ring is 1. The molecule has 0 unspecified atom stereocenters. The van der Waals surface area contributed by atoms with Crippen LogP contribution in [0.4, 0.5) is 16.2 Å². The lowest BCUT2D eigenvalue weighted by Crippen LogP contribution is -2.25. The Balaban J connectivity index is 2.62. The summed E-state index contributed by atoms with van der Waals surface area (Å²) in [7, 11) is 1.66. The van der Waals surface area contributed by atoms with Crippen molar-refractivity contribution < 1.29 is 9.13 Å². The van der Waals surface area contributed by atoms with Gasteiger partial charge in [-0.15, -0.1) is 0 Å². The third kappa shape index (κ3) is 4.42. The van der Waals surface area contributed by atoms with E-state index >= 15 is 0 Å². The molecule has 0 saturated carbocycles.